The highest BCUT2D eigenvalue weighted by Crippen LogP contribution is 2.28. The van der Waals surface area contributed by atoms with Crippen molar-refractivity contribution in [1.29, 1.82) is 0 Å². The number of aromatic nitrogens is 1. The lowest BCUT2D eigenvalue weighted by Crippen LogP contribution is -2.24. The van der Waals surface area contributed by atoms with Crippen molar-refractivity contribution in [1.82, 2.24) is 10.3 Å². The van der Waals surface area contributed by atoms with Crippen LogP contribution < -0.4 is 10.1 Å². The molecule has 0 radical (unpaired) electrons. The number of nitrogens with one attached hydrogen (secondary N) is 1. The topological polar surface area (TPSA) is 64.4 Å². The molecule has 118 valence electrons. The lowest BCUT2D eigenvalue weighted by Gasteiger charge is -2.08. The van der Waals surface area contributed by atoms with Crippen LogP contribution in [0, 0.1) is 6.92 Å². The Kier molecular flexibility index (Phi) is 4.43. The number of rotatable bonds is 5. The zero-order chi connectivity index (χ0) is 16.2. The van der Waals surface area contributed by atoms with Crippen LogP contribution in [0.4, 0.5) is 0 Å². The summed E-state index contributed by atoms with van der Waals surface area (Å²) in [5, 5.41) is 3.59. The molecule has 0 aliphatic heterocycles. The van der Waals surface area contributed by atoms with Crippen LogP contribution >= 0.6 is 11.3 Å². The van der Waals surface area contributed by atoms with Gasteiger partial charge >= 0.3 is 0 Å². The molecule has 0 aliphatic carbocycles. The van der Waals surface area contributed by atoms with Crippen LogP contribution in [-0.2, 0) is 6.54 Å². The molecule has 1 N–H and O–H groups in total. The molecule has 0 saturated heterocycles. The summed E-state index contributed by atoms with van der Waals surface area (Å²) in [4.78, 5) is 17.6. The molecule has 0 unspecified atom stereocenters. The van der Waals surface area contributed by atoms with Crippen LogP contribution in [0.3, 0.4) is 0 Å². The number of methoxy groups -OCH3 is 1. The monoisotopic (exact) mass is 328 g/mol. The predicted molar refractivity (Wildman–Crippen MR) is 88.7 cm³/mol. The fraction of sp³-hybridized carbons (Fsp3) is 0.176. The van der Waals surface area contributed by atoms with Gasteiger partial charge in [-0.1, -0.05) is 18.2 Å². The van der Waals surface area contributed by atoms with Gasteiger partial charge in [-0.25, -0.2) is 4.98 Å². The maximum Gasteiger partial charge on any atom is 0.271 e. The third-order valence-electron chi connectivity index (χ3n) is 3.38. The summed E-state index contributed by atoms with van der Waals surface area (Å²) in [5.41, 5.74) is 1.35. The fourth-order valence-corrected chi connectivity index (χ4v) is 3.10. The molecular formula is C17H16N2O3S. The van der Waals surface area contributed by atoms with E-state index in [1.807, 2.05) is 37.3 Å². The standard InChI is InChI=1S/C17H16N2O3S/c1-11-15(19-17(23-11)14-8-5-9-22-14)16(20)18-10-12-6-3-4-7-13(12)21-2/h3-9H,10H2,1-2H3,(H,18,20). The molecule has 0 atom stereocenters. The first-order valence-electron chi connectivity index (χ1n) is 7.10. The number of hydrogen-bond acceptors (Lipinski definition) is 5. The number of thiazole rings is 1. The normalized spacial score (nSPS) is 10.5. The average molecular weight is 328 g/mol. The van der Waals surface area contributed by atoms with Crippen molar-refractivity contribution in [2.45, 2.75) is 13.5 Å². The molecule has 0 fully saturated rings. The van der Waals surface area contributed by atoms with Gasteiger partial charge in [0.1, 0.15) is 11.4 Å². The first kappa shape index (κ1) is 15.3. The zero-order valence-electron chi connectivity index (χ0n) is 12.8. The van der Waals surface area contributed by atoms with Gasteiger partial charge in [-0.05, 0) is 25.1 Å². The smallest absolute Gasteiger partial charge is 0.271 e. The van der Waals surface area contributed by atoms with Gasteiger partial charge in [0.25, 0.3) is 5.91 Å². The summed E-state index contributed by atoms with van der Waals surface area (Å²) in [6.45, 7) is 2.26. The molecule has 0 spiro atoms. The summed E-state index contributed by atoms with van der Waals surface area (Å²) < 4.78 is 10.6. The van der Waals surface area contributed by atoms with Crippen molar-refractivity contribution in [2.24, 2.45) is 0 Å². The lowest BCUT2D eigenvalue weighted by atomic mass is 10.2. The van der Waals surface area contributed by atoms with E-state index < -0.39 is 0 Å². The molecule has 23 heavy (non-hydrogen) atoms. The molecule has 1 amide bonds. The molecular weight excluding hydrogens is 312 g/mol. The molecule has 2 aromatic heterocycles. The quantitative estimate of drug-likeness (QED) is 0.776. The van der Waals surface area contributed by atoms with Crippen molar-refractivity contribution >= 4 is 17.2 Å². The van der Waals surface area contributed by atoms with Crippen LogP contribution in [0.15, 0.2) is 47.1 Å². The number of carbonyl (C=O) groups is 1. The van der Waals surface area contributed by atoms with E-state index in [1.165, 1.54) is 11.3 Å². The van der Waals surface area contributed by atoms with Crippen LogP contribution in [0.2, 0.25) is 0 Å². The molecule has 5 nitrogen and oxygen atoms in total. The largest absolute Gasteiger partial charge is 0.496 e. The van der Waals surface area contributed by atoms with Crippen molar-refractivity contribution in [3.8, 4) is 16.5 Å². The van der Waals surface area contributed by atoms with E-state index in [1.54, 1.807) is 19.4 Å². The summed E-state index contributed by atoms with van der Waals surface area (Å²) in [6.07, 6.45) is 1.59. The molecule has 0 bridgehead atoms. The van der Waals surface area contributed by atoms with Crippen molar-refractivity contribution < 1.29 is 13.9 Å². The Bertz CT molecular complexity index is 809. The summed E-state index contributed by atoms with van der Waals surface area (Å²) in [7, 11) is 1.61. The molecule has 6 heteroatoms. The van der Waals surface area contributed by atoms with Crippen LogP contribution in [0.25, 0.3) is 10.8 Å². The number of amides is 1. The Morgan fingerprint density at radius 3 is 2.87 bits per heavy atom. The predicted octanol–water partition coefficient (Wildman–Crippen LogP) is 3.65. The minimum absolute atomic E-state index is 0.206. The van der Waals surface area contributed by atoms with E-state index in [2.05, 4.69) is 10.3 Å². The molecule has 0 aliphatic rings. The Morgan fingerprint density at radius 2 is 2.13 bits per heavy atom. The van der Waals surface area contributed by atoms with Crippen LogP contribution in [-0.4, -0.2) is 18.0 Å². The van der Waals surface area contributed by atoms with Gasteiger partial charge in [0.15, 0.2) is 10.8 Å². The van der Waals surface area contributed by atoms with Crippen molar-refractivity contribution in [2.75, 3.05) is 7.11 Å². The third kappa shape index (κ3) is 3.27. The second-order valence-electron chi connectivity index (χ2n) is 4.90. The number of para-hydroxylation sites is 1. The van der Waals surface area contributed by atoms with Gasteiger partial charge in [0, 0.05) is 17.0 Å². The molecule has 0 saturated carbocycles. The van der Waals surface area contributed by atoms with E-state index >= 15 is 0 Å². The number of hydrogen-bond donors (Lipinski definition) is 1. The highest BCUT2D eigenvalue weighted by atomic mass is 32.1. The maximum absolute atomic E-state index is 12.4. The third-order valence-corrected chi connectivity index (χ3v) is 4.36. The van der Waals surface area contributed by atoms with E-state index in [9.17, 15) is 4.79 Å². The Labute approximate surface area is 137 Å². The summed E-state index contributed by atoms with van der Waals surface area (Å²) in [6, 6.07) is 11.2. The maximum atomic E-state index is 12.4. The van der Waals surface area contributed by atoms with Crippen LogP contribution in [0.5, 0.6) is 5.75 Å². The van der Waals surface area contributed by atoms with Crippen LogP contribution in [0.1, 0.15) is 20.9 Å². The van der Waals surface area contributed by atoms with E-state index in [-0.39, 0.29) is 5.91 Å². The molecule has 1 aromatic carbocycles. The highest BCUT2D eigenvalue weighted by Gasteiger charge is 2.17. The van der Waals surface area contributed by atoms with Gasteiger partial charge in [-0.2, -0.15) is 0 Å². The summed E-state index contributed by atoms with van der Waals surface area (Å²) >= 11 is 1.44. The van der Waals surface area contributed by atoms with Gasteiger partial charge < -0.3 is 14.5 Å². The number of furan rings is 1. The number of benzene rings is 1. The highest BCUT2D eigenvalue weighted by molar-refractivity contribution is 7.15. The van der Waals surface area contributed by atoms with E-state index in [4.69, 9.17) is 9.15 Å². The van der Waals surface area contributed by atoms with Crippen molar-refractivity contribution in [3.05, 3.63) is 58.8 Å². The zero-order valence-corrected chi connectivity index (χ0v) is 13.6. The molecule has 3 aromatic rings. The van der Waals surface area contributed by atoms with Gasteiger partial charge in [-0.3, -0.25) is 4.79 Å². The first-order valence-corrected chi connectivity index (χ1v) is 7.92. The second kappa shape index (κ2) is 6.66. The van der Waals surface area contributed by atoms with Gasteiger partial charge in [0.2, 0.25) is 0 Å². The van der Waals surface area contributed by atoms with Gasteiger partial charge in [-0.15, -0.1) is 11.3 Å². The SMILES string of the molecule is COc1ccccc1CNC(=O)c1nc(-c2ccco2)sc1C. The molecule has 3 rings (SSSR count). The Morgan fingerprint density at radius 1 is 1.30 bits per heavy atom. The number of ether oxygens (including phenoxy) is 1. The Balaban J connectivity index is 1.74. The average Bonchev–Trinajstić information content (AvgIpc) is 3.22. The first-order chi connectivity index (χ1) is 11.2. The minimum Gasteiger partial charge on any atom is -0.496 e. The van der Waals surface area contributed by atoms with E-state index in [0.29, 0.717) is 23.0 Å². The number of carbonyl (C=O) groups excluding carboxylic acids is 1. The summed E-state index contributed by atoms with van der Waals surface area (Å²) in [5.74, 6) is 1.21. The van der Waals surface area contributed by atoms with E-state index in [0.717, 1.165) is 16.2 Å². The number of aryl methyl sites for hydroxylation is 1. The second-order valence-corrected chi connectivity index (χ2v) is 6.10. The Hall–Kier alpha value is -2.60. The van der Waals surface area contributed by atoms with Crippen molar-refractivity contribution in [3.63, 3.8) is 0 Å². The number of nitrogens with zero attached hydrogens (tertiary/aromatic N) is 1. The fourth-order valence-electron chi connectivity index (χ4n) is 2.22. The lowest BCUT2D eigenvalue weighted by molar-refractivity contribution is 0.0946. The minimum atomic E-state index is -0.206. The molecule has 2 heterocycles. The van der Waals surface area contributed by atoms with Gasteiger partial charge in [0.05, 0.1) is 13.4 Å².